The molecule has 1 aliphatic heterocycles. The van der Waals surface area contributed by atoms with E-state index in [-0.39, 0.29) is 13.2 Å². The van der Waals surface area contributed by atoms with Crippen molar-refractivity contribution >= 4 is 0 Å². The van der Waals surface area contributed by atoms with Gasteiger partial charge in [-0.1, -0.05) is 0 Å². The van der Waals surface area contributed by atoms with Gasteiger partial charge in [0.05, 0.1) is 13.2 Å². The molecule has 0 aromatic rings. The Hall–Kier alpha value is -0.200. The molecule has 0 bridgehead atoms. The van der Waals surface area contributed by atoms with Crippen LogP contribution in [-0.4, -0.2) is 60.1 Å². The summed E-state index contributed by atoms with van der Waals surface area (Å²) in [4.78, 5) is 0. The molecule has 0 unspecified atom stereocenters. The van der Waals surface area contributed by atoms with Crippen molar-refractivity contribution in [2.75, 3.05) is 20.3 Å². The fourth-order valence-electron chi connectivity index (χ4n) is 1.22. The van der Waals surface area contributed by atoms with Gasteiger partial charge in [0.15, 0.2) is 0 Å². The van der Waals surface area contributed by atoms with Crippen molar-refractivity contribution in [3.63, 3.8) is 0 Å². The van der Waals surface area contributed by atoms with Gasteiger partial charge < -0.3 is 24.8 Å². The summed E-state index contributed by atoms with van der Waals surface area (Å²) < 4.78 is 9.88. The van der Waals surface area contributed by atoms with Gasteiger partial charge in [-0.15, -0.1) is 0 Å². The van der Waals surface area contributed by atoms with Crippen LogP contribution in [0.2, 0.25) is 0 Å². The predicted molar refractivity (Wildman–Crippen MR) is 39.6 cm³/mol. The molecule has 72 valence electrons. The zero-order valence-corrected chi connectivity index (χ0v) is 6.88. The number of hydrogen-bond acceptors (Lipinski definition) is 5. The van der Waals surface area contributed by atoms with Crippen molar-refractivity contribution < 1.29 is 24.8 Å². The summed E-state index contributed by atoms with van der Waals surface area (Å²) in [6, 6.07) is 0. The van der Waals surface area contributed by atoms with E-state index in [0.717, 1.165) is 0 Å². The van der Waals surface area contributed by atoms with Crippen LogP contribution in [0.4, 0.5) is 0 Å². The van der Waals surface area contributed by atoms with E-state index in [1.54, 1.807) is 0 Å². The molecule has 1 heterocycles. The van der Waals surface area contributed by atoms with Gasteiger partial charge in [0.2, 0.25) is 0 Å². The third-order valence-electron chi connectivity index (χ3n) is 2.07. The first-order valence-electron chi connectivity index (χ1n) is 3.82. The van der Waals surface area contributed by atoms with Crippen LogP contribution in [0.1, 0.15) is 0 Å². The van der Waals surface area contributed by atoms with E-state index >= 15 is 0 Å². The first kappa shape index (κ1) is 9.88. The number of rotatable bonds is 2. The van der Waals surface area contributed by atoms with Crippen LogP contribution in [0.3, 0.4) is 0 Å². The van der Waals surface area contributed by atoms with E-state index in [2.05, 4.69) is 0 Å². The van der Waals surface area contributed by atoms with Crippen LogP contribution in [0.5, 0.6) is 0 Å². The summed E-state index contributed by atoms with van der Waals surface area (Å²) in [5.74, 6) is 0. The minimum atomic E-state index is -1.08. The van der Waals surface area contributed by atoms with Crippen molar-refractivity contribution in [3.8, 4) is 0 Å². The molecule has 0 saturated carbocycles. The Labute approximate surface area is 70.5 Å². The summed E-state index contributed by atoms with van der Waals surface area (Å²) >= 11 is 0. The van der Waals surface area contributed by atoms with Gasteiger partial charge in [-0.3, -0.25) is 0 Å². The van der Waals surface area contributed by atoms with Gasteiger partial charge in [0.25, 0.3) is 0 Å². The molecule has 1 aliphatic rings. The first-order chi connectivity index (χ1) is 5.70. The van der Waals surface area contributed by atoms with E-state index in [9.17, 15) is 10.2 Å². The Morgan fingerprint density at radius 2 is 2.08 bits per heavy atom. The predicted octanol–water partition coefficient (Wildman–Crippen LogP) is -1.89. The van der Waals surface area contributed by atoms with Crippen LogP contribution in [-0.2, 0) is 9.47 Å². The second-order valence-electron chi connectivity index (χ2n) is 2.81. The van der Waals surface area contributed by atoms with Crippen molar-refractivity contribution in [2.24, 2.45) is 0 Å². The zero-order chi connectivity index (χ0) is 9.14. The lowest BCUT2D eigenvalue weighted by molar-refractivity contribution is -0.202. The van der Waals surface area contributed by atoms with Gasteiger partial charge in [-0.2, -0.15) is 0 Å². The monoisotopic (exact) mass is 178 g/mol. The largest absolute Gasteiger partial charge is 0.394 e. The minimum absolute atomic E-state index is 0.194. The Bertz CT molecular complexity index is 124. The molecule has 0 amide bonds. The topological polar surface area (TPSA) is 79.2 Å². The summed E-state index contributed by atoms with van der Waals surface area (Å²) in [6.07, 6.45) is -3.27. The average Bonchev–Trinajstić information content (AvgIpc) is 2.10. The average molecular weight is 178 g/mol. The highest BCUT2D eigenvalue weighted by Gasteiger charge is 2.37. The van der Waals surface area contributed by atoms with Gasteiger partial charge in [-0.05, 0) is 0 Å². The highest BCUT2D eigenvalue weighted by atomic mass is 16.6. The normalized spacial score (nSPS) is 43.0. The maximum absolute atomic E-state index is 9.37. The van der Waals surface area contributed by atoms with E-state index in [1.165, 1.54) is 7.11 Å². The van der Waals surface area contributed by atoms with E-state index in [4.69, 9.17) is 14.6 Å². The van der Waals surface area contributed by atoms with Gasteiger partial charge in [0, 0.05) is 7.11 Å². The van der Waals surface area contributed by atoms with Gasteiger partial charge in [0.1, 0.15) is 24.4 Å². The quantitative estimate of drug-likeness (QED) is 0.461. The smallest absolute Gasteiger partial charge is 0.111 e. The molecule has 3 N–H and O–H groups in total. The Balaban J connectivity index is 2.52. The molecule has 0 radical (unpaired) electrons. The minimum Gasteiger partial charge on any atom is -0.394 e. The summed E-state index contributed by atoms with van der Waals surface area (Å²) in [5, 5.41) is 27.4. The first-order valence-corrected chi connectivity index (χ1v) is 3.82. The number of ether oxygens (including phenoxy) is 2. The van der Waals surface area contributed by atoms with Crippen molar-refractivity contribution in [2.45, 2.75) is 24.4 Å². The van der Waals surface area contributed by atoms with Gasteiger partial charge >= 0.3 is 0 Å². The Kier molecular flexibility index (Phi) is 3.42. The molecule has 5 nitrogen and oxygen atoms in total. The molecule has 0 aromatic carbocycles. The van der Waals surface area contributed by atoms with E-state index in [1.807, 2.05) is 0 Å². The maximum atomic E-state index is 9.37. The van der Waals surface area contributed by atoms with Crippen LogP contribution >= 0.6 is 0 Å². The standard InChI is InChI=1S/C7H14O5/c1-11-5-3-12-4(2-8)6(9)7(5)10/h4-10H,2-3H2,1H3/t4-,5+,6-,7-/m1/s1. The lowest BCUT2D eigenvalue weighted by Crippen LogP contribution is -2.54. The molecule has 1 saturated heterocycles. The van der Waals surface area contributed by atoms with Crippen LogP contribution < -0.4 is 0 Å². The highest BCUT2D eigenvalue weighted by molar-refractivity contribution is 4.86. The van der Waals surface area contributed by atoms with Crippen molar-refractivity contribution in [1.29, 1.82) is 0 Å². The fraction of sp³-hybridized carbons (Fsp3) is 1.00. The maximum Gasteiger partial charge on any atom is 0.111 e. The molecular formula is C7H14O5. The third-order valence-corrected chi connectivity index (χ3v) is 2.07. The Morgan fingerprint density at radius 3 is 2.58 bits per heavy atom. The lowest BCUT2D eigenvalue weighted by Gasteiger charge is -2.35. The van der Waals surface area contributed by atoms with Crippen molar-refractivity contribution in [3.05, 3.63) is 0 Å². The number of hydrogen-bond donors (Lipinski definition) is 3. The molecular weight excluding hydrogens is 164 g/mol. The SMILES string of the molecule is CO[C@H]1CO[C@H](CO)[C@@H](O)[C@@H]1O. The number of aliphatic hydroxyl groups excluding tert-OH is 3. The second kappa shape index (κ2) is 4.15. The van der Waals surface area contributed by atoms with Crippen LogP contribution in [0, 0.1) is 0 Å². The second-order valence-corrected chi connectivity index (χ2v) is 2.81. The number of aliphatic hydroxyl groups is 3. The van der Waals surface area contributed by atoms with Crippen molar-refractivity contribution in [1.82, 2.24) is 0 Å². The molecule has 0 spiro atoms. The highest BCUT2D eigenvalue weighted by Crippen LogP contribution is 2.16. The van der Waals surface area contributed by atoms with Crippen LogP contribution in [0.25, 0.3) is 0 Å². The third kappa shape index (κ3) is 1.75. The molecule has 1 fully saturated rings. The summed E-state index contributed by atoms with van der Waals surface area (Å²) in [7, 11) is 1.43. The summed E-state index contributed by atoms with van der Waals surface area (Å²) in [5.41, 5.74) is 0. The van der Waals surface area contributed by atoms with E-state index < -0.39 is 24.4 Å². The molecule has 0 aromatic heterocycles. The van der Waals surface area contributed by atoms with Crippen LogP contribution in [0.15, 0.2) is 0 Å². The molecule has 12 heavy (non-hydrogen) atoms. The number of methoxy groups -OCH3 is 1. The molecule has 4 atom stereocenters. The fourth-order valence-corrected chi connectivity index (χ4v) is 1.22. The summed E-state index contributed by atoms with van der Waals surface area (Å²) in [6.45, 7) is -0.103. The Morgan fingerprint density at radius 1 is 1.42 bits per heavy atom. The zero-order valence-electron chi connectivity index (χ0n) is 6.88. The van der Waals surface area contributed by atoms with E-state index in [0.29, 0.717) is 0 Å². The molecule has 5 heteroatoms. The lowest BCUT2D eigenvalue weighted by atomic mass is 10.0. The molecule has 1 rings (SSSR count). The molecule has 0 aliphatic carbocycles. The van der Waals surface area contributed by atoms with Gasteiger partial charge in [-0.25, -0.2) is 0 Å².